The lowest BCUT2D eigenvalue weighted by Crippen LogP contribution is -2.31. The van der Waals surface area contributed by atoms with Gasteiger partial charge in [-0.25, -0.2) is 0 Å². The van der Waals surface area contributed by atoms with E-state index in [1.54, 1.807) is 0 Å². The lowest BCUT2D eigenvalue weighted by Gasteiger charge is -2.26. The van der Waals surface area contributed by atoms with Gasteiger partial charge in [-0.15, -0.1) is 23.2 Å². The summed E-state index contributed by atoms with van der Waals surface area (Å²) in [6, 6.07) is 15.5. The molecule has 0 amide bonds. The van der Waals surface area contributed by atoms with Gasteiger partial charge in [-0.1, -0.05) is 41.9 Å². The van der Waals surface area contributed by atoms with Crippen molar-refractivity contribution in [3.63, 3.8) is 0 Å². The van der Waals surface area contributed by atoms with Gasteiger partial charge in [0, 0.05) is 21.8 Å². The smallest absolute Gasteiger partial charge is 0.149 e. The molecule has 2 aromatic carbocycles. The van der Waals surface area contributed by atoms with E-state index in [1.165, 1.54) is 0 Å². The fourth-order valence-electron chi connectivity index (χ4n) is 2.18. The maximum atomic E-state index is 6.09. The summed E-state index contributed by atoms with van der Waals surface area (Å²) in [7, 11) is 0. The van der Waals surface area contributed by atoms with E-state index in [9.17, 15) is 0 Å². The van der Waals surface area contributed by atoms with Gasteiger partial charge >= 0.3 is 0 Å². The number of hydrogen-bond acceptors (Lipinski definition) is 2. The third-order valence-electron chi connectivity index (χ3n) is 3.09. The molecule has 1 aliphatic rings. The summed E-state index contributed by atoms with van der Waals surface area (Å²) in [6.07, 6.45) is -0.373. The quantitative estimate of drug-likeness (QED) is 0.793. The number of alkyl halides is 2. The van der Waals surface area contributed by atoms with Gasteiger partial charge in [-0.2, -0.15) is 0 Å². The van der Waals surface area contributed by atoms with Gasteiger partial charge in [0.25, 0.3) is 0 Å². The molecule has 0 spiro atoms. The van der Waals surface area contributed by atoms with Crippen molar-refractivity contribution in [1.29, 1.82) is 0 Å². The Morgan fingerprint density at radius 1 is 1.05 bits per heavy atom. The van der Waals surface area contributed by atoms with Crippen molar-refractivity contribution in [2.24, 2.45) is 4.99 Å². The van der Waals surface area contributed by atoms with Crippen molar-refractivity contribution < 1.29 is 0 Å². The summed E-state index contributed by atoms with van der Waals surface area (Å²) in [4.78, 5) is 3.99. The van der Waals surface area contributed by atoms with Gasteiger partial charge in [0.1, 0.15) is 11.0 Å². The first-order valence-electron chi connectivity index (χ1n) is 6.13. The van der Waals surface area contributed by atoms with Gasteiger partial charge in [0.2, 0.25) is 0 Å². The normalized spacial score (nSPS) is 17.4. The monoisotopic (exact) mass is 324 g/mol. The van der Waals surface area contributed by atoms with Crippen molar-refractivity contribution in [2.45, 2.75) is 11.0 Å². The maximum Gasteiger partial charge on any atom is 0.149 e. The fourth-order valence-corrected chi connectivity index (χ4v) is 2.59. The zero-order valence-corrected chi connectivity index (χ0v) is 12.6. The van der Waals surface area contributed by atoms with Crippen LogP contribution in [0.1, 0.15) is 11.1 Å². The Labute approximate surface area is 132 Å². The second kappa shape index (κ2) is 5.65. The van der Waals surface area contributed by atoms with Crippen LogP contribution in [-0.4, -0.2) is 16.7 Å². The maximum absolute atomic E-state index is 6.09. The van der Waals surface area contributed by atoms with Gasteiger partial charge in [0.05, 0.1) is 5.71 Å². The number of hydrogen-bond donors (Lipinski definition) is 1. The van der Waals surface area contributed by atoms with E-state index in [0.717, 1.165) is 22.5 Å². The minimum absolute atomic E-state index is 0.373. The Hall–Kier alpha value is -1.22. The predicted molar refractivity (Wildman–Crippen MR) is 86.4 cm³/mol. The number of benzene rings is 2. The number of rotatable bonds is 2. The molecule has 5 heteroatoms. The number of fused-ring (bicyclic) bond motifs is 1. The van der Waals surface area contributed by atoms with Crippen molar-refractivity contribution >= 4 is 46.2 Å². The molecule has 2 aromatic rings. The van der Waals surface area contributed by atoms with E-state index < -0.39 is 4.84 Å². The van der Waals surface area contributed by atoms with Crippen LogP contribution in [-0.2, 0) is 0 Å². The highest BCUT2D eigenvalue weighted by Gasteiger charge is 2.25. The van der Waals surface area contributed by atoms with Gasteiger partial charge in [0.15, 0.2) is 0 Å². The van der Waals surface area contributed by atoms with Gasteiger partial charge < -0.3 is 5.32 Å². The number of anilines is 1. The second-order valence-electron chi connectivity index (χ2n) is 4.46. The van der Waals surface area contributed by atoms with E-state index >= 15 is 0 Å². The van der Waals surface area contributed by atoms with Crippen molar-refractivity contribution in [3.8, 4) is 0 Å². The molecule has 1 aliphatic heterocycles. The lowest BCUT2D eigenvalue weighted by atomic mass is 9.99. The third kappa shape index (κ3) is 2.64. The van der Waals surface area contributed by atoms with Crippen LogP contribution in [0.5, 0.6) is 0 Å². The molecule has 1 atom stereocenters. The molecular weight excluding hydrogens is 315 g/mol. The SMILES string of the molecule is Clc1ccc2c(c1)C(c1ccccc1)=NC(C(Cl)Cl)N2. The van der Waals surface area contributed by atoms with E-state index in [4.69, 9.17) is 34.8 Å². The molecule has 20 heavy (non-hydrogen) atoms. The molecule has 2 nitrogen and oxygen atoms in total. The number of nitrogens with zero attached hydrogens (tertiary/aromatic N) is 1. The minimum Gasteiger partial charge on any atom is -0.361 e. The van der Waals surface area contributed by atoms with E-state index in [0.29, 0.717) is 5.02 Å². The number of halogens is 3. The van der Waals surface area contributed by atoms with Crippen LogP contribution < -0.4 is 5.32 Å². The highest BCUT2D eigenvalue weighted by Crippen LogP contribution is 2.30. The van der Waals surface area contributed by atoms with Crippen LogP contribution in [0.4, 0.5) is 5.69 Å². The first-order chi connectivity index (χ1) is 9.65. The third-order valence-corrected chi connectivity index (χ3v) is 3.81. The molecule has 1 heterocycles. The molecular formula is C15H11Cl3N2. The molecule has 1 unspecified atom stereocenters. The lowest BCUT2D eigenvalue weighted by molar-refractivity contribution is 0.815. The Morgan fingerprint density at radius 3 is 2.50 bits per heavy atom. The van der Waals surface area contributed by atoms with Crippen LogP contribution >= 0.6 is 34.8 Å². The van der Waals surface area contributed by atoms with E-state index in [2.05, 4.69) is 10.3 Å². The summed E-state index contributed by atoms with van der Waals surface area (Å²) in [5.41, 5.74) is 3.74. The summed E-state index contributed by atoms with van der Waals surface area (Å²) in [5, 5.41) is 3.88. The molecule has 0 aromatic heterocycles. The Kier molecular flexibility index (Phi) is 3.88. The molecule has 0 saturated carbocycles. The van der Waals surface area contributed by atoms with Crippen LogP contribution in [0.25, 0.3) is 0 Å². The minimum atomic E-state index is -0.627. The first-order valence-corrected chi connectivity index (χ1v) is 7.38. The summed E-state index contributed by atoms with van der Waals surface area (Å²) in [5.74, 6) is 0. The molecule has 0 bridgehead atoms. The molecule has 0 radical (unpaired) electrons. The van der Waals surface area contributed by atoms with Gasteiger partial charge in [-0.3, -0.25) is 4.99 Å². The second-order valence-corrected chi connectivity index (χ2v) is 6.06. The number of aliphatic imine (C=N–C) groups is 1. The van der Waals surface area contributed by atoms with Crippen molar-refractivity contribution in [3.05, 3.63) is 64.7 Å². The number of nitrogens with one attached hydrogen (secondary N) is 1. The molecule has 1 N–H and O–H groups in total. The molecule has 3 rings (SSSR count). The van der Waals surface area contributed by atoms with Crippen LogP contribution in [0.2, 0.25) is 5.02 Å². The summed E-state index contributed by atoms with van der Waals surface area (Å²) < 4.78 is 0. The van der Waals surface area contributed by atoms with Crippen molar-refractivity contribution in [1.82, 2.24) is 0 Å². The Balaban J connectivity index is 2.15. The predicted octanol–water partition coefficient (Wildman–Crippen LogP) is 4.73. The Bertz CT molecular complexity index is 653. The summed E-state index contributed by atoms with van der Waals surface area (Å²) in [6.45, 7) is 0. The molecule has 0 aliphatic carbocycles. The highest BCUT2D eigenvalue weighted by atomic mass is 35.5. The van der Waals surface area contributed by atoms with Crippen molar-refractivity contribution in [2.75, 3.05) is 5.32 Å². The fraction of sp³-hybridized carbons (Fsp3) is 0.133. The van der Waals surface area contributed by atoms with Crippen LogP contribution in [0, 0.1) is 0 Å². The molecule has 0 saturated heterocycles. The van der Waals surface area contributed by atoms with Crippen LogP contribution in [0.3, 0.4) is 0 Å². The van der Waals surface area contributed by atoms with Gasteiger partial charge in [-0.05, 0) is 18.2 Å². The summed E-state index contributed by atoms with van der Waals surface area (Å²) >= 11 is 18.0. The highest BCUT2D eigenvalue weighted by molar-refractivity contribution is 6.45. The van der Waals surface area contributed by atoms with Crippen LogP contribution in [0.15, 0.2) is 53.5 Å². The molecule has 0 fully saturated rings. The largest absolute Gasteiger partial charge is 0.361 e. The average molecular weight is 326 g/mol. The average Bonchev–Trinajstić information content (AvgIpc) is 2.47. The van der Waals surface area contributed by atoms with E-state index in [1.807, 2.05) is 48.5 Å². The standard InChI is InChI=1S/C15H11Cl3N2/c16-10-6-7-12-11(8-10)13(9-4-2-1-3-5-9)20-15(19-12)14(17)18/h1-8,14-15,19H. The zero-order chi connectivity index (χ0) is 14.1. The van der Waals surface area contributed by atoms with E-state index in [-0.39, 0.29) is 6.17 Å². The zero-order valence-electron chi connectivity index (χ0n) is 10.4. The first kappa shape index (κ1) is 13.7. The molecule has 102 valence electrons. The Morgan fingerprint density at radius 2 is 1.80 bits per heavy atom. The topological polar surface area (TPSA) is 24.4 Å².